The zero-order valence-corrected chi connectivity index (χ0v) is 13.3. The van der Waals surface area contributed by atoms with Gasteiger partial charge in [0.05, 0.1) is 13.5 Å². The number of esters is 1. The average Bonchev–Trinajstić information content (AvgIpc) is 2.31. The van der Waals surface area contributed by atoms with Gasteiger partial charge in [-0.3, -0.25) is 9.59 Å². The number of hydrogen-bond donors (Lipinski definition) is 3. The molecule has 10 heteroatoms. The highest BCUT2D eigenvalue weighted by atomic mass is 16.5. The van der Waals surface area contributed by atoms with Crippen molar-refractivity contribution in [2.24, 2.45) is 0 Å². The van der Waals surface area contributed by atoms with E-state index in [1.165, 1.54) is 7.11 Å². The van der Waals surface area contributed by atoms with E-state index in [4.69, 9.17) is 10.1 Å². The molecule has 0 amide bonds. The van der Waals surface area contributed by atoms with Crippen LogP contribution in [0.25, 0.3) is 0 Å². The number of carbonyl (C=O) groups excluding carboxylic acids is 1. The summed E-state index contributed by atoms with van der Waals surface area (Å²) in [6.45, 7) is 4.85. The number of carboxylic acids is 1. The third kappa shape index (κ3) is 4.98. The molecule has 22 heavy (non-hydrogen) atoms. The first-order valence-corrected chi connectivity index (χ1v) is 7.45. The second-order valence-corrected chi connectivity index (χ2v) is 5.60. The number of methoxy groups -OCH3 is 1. The van der Waals surface area contributed by atoms with E-state index in [0.29, 0.717) is 19.4 Å². The van der Waals surface area contributed by atoms with Crippen molar-refractivity contribution in [3.8, 4) is 0 Å². The largest absolute Gasteiger partial charge is 0.480 e. The van der Waals surface area contributed by atoms with Crippen molar-refractivity contribution in [3.05, 3.63) is 0 Å². The molecule has 3 N–H and O–H groups in total. The molecule has 0 saturated carbocycles. The summed E-state index contributed by atoms with van der Waals surface area (Å²) in [6.07, 6.45) is 2.02. The second kappa shape index (κ2) is 8.52. The summed E-state index contributed by atoms with van der Waals surface area (Å²) >= 11 is 0. The molecule has 2 atom stereocenters. The van der Waals surface area contributed by atoms with Crippen molar-refractivity contribution in [1.29, 1.82) is 0 Å². The Morgan fingerprint density at radius 2 is 1.68 bits per heavy atom. The molecule has 2 aliphatic heterocycles. The summed E-state index contributed by atoms with van der Waals surface area (Å²) in [5.74, 6) is -1.04. The Hall–Kier alpha value is -1.09. The van der Waals surface area contributed by atoms with E-state index in [-0.39, 0.29) is 12.0 Å². The standard InChI is InChI=1S/C7H14BNO3.C5H10BNO3/c1-8(11)9-4-3-6(9)5-7(10)12-2;1-6(10)7-3-2-4(7)5(8)9/h6,11H,3-5H2,1-2H3;4,10H,2-3H2,1H3,(H,8,9). The van der Waals surface area contributed by atoms with Crippen LogP contribution in [0.1, 0.15) is 19.3 Å². The monoisotopic (exact) mass is 314 g/mol. The van der Waals surface area contributed by atoms with Gasteiger partial charge in [-0.15, -0.1) is 0 Å². The lowest BCUT2D eigenvalue weighted by Crippen LogP contribution is -2.58. The summed E-state index contributed by atoms with van der Waals surface area (Å²) in [5.41, 5.74) is 0. The van der Waals surface area contributed by atoms with Gasteiger partial charge in [0, 0.05) is 6.04 Å². The Morgan fingerprint density at radius 1 is 1.14 bits per heavy atom. The van der Waals surface area contributed by atoms with Gasteiger partial charge in [-0.1, -0.05) is 0 Å². The number of aliphatic carboxylic acids is 1. The maximum absolute atomic E-state index is 10.9. The number of carboxylic acid groups (broad SMARTS) is 1. The Balaban J connectivity index is 0.000000224. The topological polar surface area (TPSA) is 111 Å². The maximum atomic E-state index is 10.9. The molecule has 0 spiro atoms. The van der Waals surface area contributed by atoms with Crippen LogP contribution in [-0.2, 0) is 14.3 Å². The molecule has 0 aromatic carbocycles. The van der Waals surface area contributed by atoms with Gasteiger partial charge < -0.3 is 29.5 Å². The molecule has 8 nitrogen and oxygen atoms in total. The Morgan fingerprint density at radius 3 is 1.91 bits per heavy atom. The van der Waals surface area contributed by atoms with Crippen LogP contribution in [-0.4, -0.2) is 83.1 Å². The highest BCUT2D eigenvalue weighted by Gasteiger charge is 2.38. The summed E-state index contributed by atoms with van der Waals surface area (Å²) in [5, 5.41) is 26.7. The summed E-state index contributed by atoms with van der Waals surface area (Å²) in [4.78, 5) is 24.6. The van der Waals surface area contributed by atoms with Crippen molar-refractivity contribution < 1.29 is 29.5 Å². The van der Waals surface area contributed by atoms with Gasteiger partial charge in [0.15, 0.2) is 0 Å². The van der Waals surface area contributed by atoms with Gasteiger partial charge in [-0.2, -0.15) is 0 Å². The van der Waals surface area contributed by atoms with E-state index in [9.17, 15) is 14.6 Å². The lowest BCUT2D eigenvalue weighted by molar-refractivity contribution is -0.145. The zero-order chi connectivity index (χ0) is 16.9. The van der Waals surface area contributed by atoms with E-state index >= 15 is 0 Å². The SMILES string of the molecule is CB(O)N1CCC1C(=O)O.COC(=O)CC1CCN1B(C)O. The third-order valence-corrected chi connectivity index (χ3v) is 4.13. The predicted octanol–water partition coefficient (Wildman–Crippen LogP) is -1.01. The van der Waals surface area contributed by atoms with Gasteiger partial charge in [0.1, 0.15) is 6.04 Å². The minimum absolute atomic E-state index is 0.178. The average molecular weight is 314 g/mol. The van der Waals surface area contributed by atoms with Crippen molar-refractivity contribution in [3.63, 3.8) is 0 Å². The van der Waals surface area contributed by atoms with Crippen molar-refractivity contribution in [2.45, 2.75) is 45.0 Å². The van der Waals surface area contributed by atoms with Crippen LogP contribution in [0, 0.1) is 0 Å². The lowest BCUT2D eigenvalue weighted by atomic mass is 9.77. The van der Waals surface area contributed by atoms with Crippen LogP contribution in [0.15, 0.2) is 0 Å². The van der Waals surface area contributed by atoms with E-state index < -0.39 is 26.1 Å². The number of carbonyl (C=O) groups is 2. The normalized spacial score (nSPS) is 24.2. The molecular weight excluding hydrogens is 290 g/mol. The fourth-order valence-electron chi connectivity index (χ4n) is 2.57. The van der Waals surface area contributed by atoms with Crippen LogP contribution in [0.3, 0.4) is 0 Å². The smallest absolute Gasteiger partial charge is 0.377 e. The molecular formula is C12H24B2N2O6. The second-order valence-electron chi connectivity index (χ2n) is 5.60. The van der Waals surface area contributed by atoms with Crippen molar-refractivity contribution in [1.82, 2.24) is 9.62 Å². The molecule has 0 aromatic heterocycles. The Kier molecular flexibility index (Phi) is 7.34. The van der Waals surface area contributed by atoms with E-state index in [0.717, 1.165) is 13.0 Å². The molecule has 124 valence electrons. The Labute approximate surface area is 131 Å². The molecule has 2 heterocycles. The van der Waals surface area contributed by atoms with Gasteiger partial charge in [-0.25, -0.2) is 0 Å². The van der Waals surface area contributed by atoms with Gasteiger partial charge in [0.2, 0.25) is 0 Å². The van der Waals surface area contributed by atoms with E-state index in [1.54, 1.807) is 18.5 Å². The molecule has 0 radical (unpaired) electrons. The number of nitrogens with zero attached hydrogens (tertiary/aromatic N) is 2. The van der Waals surface area contributed by atoms with Crippen LogP contribution in [0.2, 0.25) is 13.6 Å². The quantitative estimate of drug-likeness (QED) is 0.437. The van der Waals surface area contributed by atoms with E-state index in [1.807, 2.05) is 4.81 Å². The van der Waals surface area contributed by atoms with Crippen LogP contribution in [0.5, 0.6) is 0 Å². The Bertz CT molecular complexity index is 396. The number of rotatable bonds is 5. The number of ether oxygens (including phenoxy) is 1. The van der Waals surface area contributed by atoms with Crippen LogP contribution in [0.4, 0.5) is 0 Å². The molecule has 2 unspecified atom stereocenters. The molecule has 0 aromatic rings. The van der Waals surface area contributed by atoms with Gasteiger partial charge in [0.25, 0.3) is 0 Å². The van der Waals surface area contributed by atoms with Gasteiger partial charge in [-0.05, 0) is 39.6 Å². The van der Waals surface area contributed by atoms with Crippen LogP contribution >= 0.6 is 0 Å². The minimum Gasteiger partial charge on any atom is -0.480 e. The molecule has 2 aliphatic rings. The lowest BCUT2D eigenvalue weighted by Gasteiger charge is -2.41. The van der Waals surface area contributed by atoms with E-state index in [2.05, 4.69) is 4.74 Å². The van der Waals surface area contributed by atoms with Gasteiger partial charge >= 0.3 is 26.0 Å². The molecule has 0 aliphatic carbocycles. The molecule has 2 saturated heterocycles. The maximum Gasteiger partial charge on any atom is 0.377 e. The molecule has 2 rings (SSSR count). The molecule has 2 fully saturated rings. The van der Waals surface area contributed by atoms with Crippen molar-refractivity contribution >= 4 is 26.0 Å². The first kappa shape index (κ1) is 19.0. The zero-order valence-electron chi connectivity index (χ0n) is 13.3. The predicted molar refractivity (Wildman–Crippen MR) is 82.2 cm³/mol. The summed E-state index contributed by atoms with van der Waals surface area (Å²) in [7, 11) is 0.302. The fourth-order valence-corrected chi connectivity index (χ4v) is 2.57. The first-order valence-electron chi connectivity index (χ1n) is 7.45. The third-order valence-electron chi connectivity index (χ3n) is 4.13. The minimum atomic E-state index is -0.841. The highest BCUT2D eigenvalue weighted by Crippen LogP contribution is 2.21. The van der Waals surface area contributed by atoms with Crippen molar-refractivity contribution in [2.75, 3.05) is 20.2 Å². The molecule has 0 bridgehead atoms. The summed E-state index contributed by atoms with van der Waals surface area (Å²) < 4.78 is 4.54. The van der Waals surface area contributed by atoms with Crippen LogP contribution < -0.4 is 0 Å². The highest BCUT2D eigenvalue weighted by molar-refractivity contribution is 6.46. The first-order chi connectivity index (χ1) is 10.3. The fraction of sp³-hybridized carbons (Fsp3) is 0.833. The summed E-state index contributed by atoms with van der Waals surface area (Å²) in [6, 6.07) is -0.280. The number of hydrogen-bond acceptors (Lipinski definition) is 7.